The maximum Gasteiger partial charge on any atom is 0.255 e. The second-order valence-electron chi connectivity index (χ2n) is 5.38. The molecule has 0 radical (unpaired) electrons. The zero-order valence-corrected chi connectivity index (χ0v) is 11.0. The first kappa shape index (κ1) is 12.0. The number of carbonyl (C=O) groups excluding carboxylic acids is 1. The molecule has 1 amide bonds. The first-order valence-corrected chi connectivity index (χ1v) is 6.83. The Kier molecular flexibility index (Phi) is 3.04. The number of benzene rings is 1. The largest absolute Gasteiger partial charge is 0.338 e. The monoisotopic (exact) mass is 264 g/mol. The van der Waals surface area contributed by atoms with Crippen LogP contribution in [-0.4, -0.2) is 37.0 Å². The van der Waals surface area contributed by atoms with E-state index >= 15 is 0 Å². The molecule has 3 rings (SSSR count). The minimum absolute atomic E-state index is 0.0735. The van der Waals surface area contributed by atoms with E-state index in [4.69, 9.17) is 11.6 Å². The summed E-state index contributed by atoms with van der Waals surface area (Å²) in [5.41, 5.74) is 0.943. The summed E-state index contributed by atoms with van der Waals surface area (Å²) in [6, 6.07) is 7.30. The highest BCUT2D eigenvalue weighted by molar-refractivity contribution is 6.33. The standard InChI is InChI=1S/C14H17ClN2O/c15-12-4-2-1-3-11(12)13(18)17-8-6-14(10-17)5-7-16-9-14/h1-4,16H,5-10H2. The third kappa shape index (κ3) is 2.02. The van der Waals surface area contributed by atoms with Gasteiger partial charge in [-0.1, -0.05) is 23.7 Å². The van der Waals surface area contributed by atoms with Gasteiger partial charge in [0.25, 0.3) is 5.91 Å². The number of hydrogen-bond acceptors (Lipinski definition) is 2. The number of nitrogens with one attached hydrogen (secondary N) is 1. The van der Waals surface area contributed by atoms with E-state index in [-0.39, 0.29) is 5.91 Å². The van der Waals surface area contributed by atoms with Crippen molar-refractivity contribution >= 4 is 17.5 Å². The van der Waals surface area contributed by atoms with Crippen LogP contribution in [0.5, 0.6) is 0 Å². The van der Waals surface area contributed by atoms with E-state index in [1.54, 1.807) is 6.07 Å². The fourth-order valence-electron chi connectivity index (χ4n) is 3.06. The molecule has 2 aliphatic rings. The summed E-state index contributed by atoms with van der Waals surface area (Å²) in [6.45, 7) is 3.84. The van der Waals surface area contributed by atoms with Crippen molar-refractivity contribution in [1.29, 1.82) is 0 Å². The molecule has 1 spiro atoms. The summed E-state index contributed by atoms with van der Waals surface area (Å²) < 4.78 is 0. The molecule has 3 nitrogen and oxygen atoms in total. The van der Waals surface area contributed by atoms with Gasteiger partial charge in [-0.05, 0) is 31.5 Å². The lowest BCUT2D eigenvalue weighted by atomic mass is 9.86. The molecule has 0 bridgehead atoms. The van der Waals surface area contributed by atoms with Crippen molar-refractivity contribution < 1.29 is 4.79 Å². The van der Waals surface area contributed by atoms with Crippen LogP contribution in [0, 0.1) is 5.41 Å². The Balaban J connectivity index is 1.77. The number of hydrogen-bond donors (Lipinski definition) is 1. The Hall–Kier alpha value is -1.06. The van der Waals surface area contributed by atoms with Gasteiger partial charge in [0.05, 0.1) is 10.6 Å². The van der Waals surface area contributed by atoms with E-state index in [1.807, 2.05) is 23.1 Å². The van der Waals surface area contributed by atoms with Crippen molar-refractivity contribution in [3.8, 4) is 0 Å². The van der Waals surface area contributed by atoms with Gasteiger partial charge in [0.15, 0.2) is 0 Å². The van der Waals surface area contributed by atoms with E-state index < -0.39 is 0 Å². The Morgan fingerprint density at radius 2 is 2.17 bits per heavy atom. The van der Waals surface area contributed by atoms with Crippen LogP contribution in [0.15, 0.2) is 24.3 Å². The number of nitrogens with zero attached hydrogens (tertiary/aromatic N) is 1. The normalized spacial score (nSPS) is 27.1. The van der Waals surface area contributed by atoms with Crippen molar-refractivity contribution in [2.45, 2.75) is 12.8 Å². The third-order valence-corrected chi connectivity index (χ3v) is 4.49. The summed E-state index contributed by atoms with van der Waals surface area (Å²) in [5.74, 6) is 0.0735. The molecule has 0 saturated carbocycles. The number of rotatable bonds is 1. The zero-order chi connectivity index (χ0) is 12.6. The lowest BCUT2D eigenvalue weighted by Gasteiger charge is -2.23. The van der Waals surface area contributed by atoms with Crippen LogP contribution in [0.4, 0.5) is 0 Å². The van der Waals surface area contributed by atoms with Crippen LogP contribution < -0.4 is 5.32 Å². The van der Waals surface area contributed by atoms with Gasteiger partial charge in [-0.25, -0.2) is 0 Å². The SMILES string of the molecule is O=C(c1ccccc1Cl)N1CCC2(CCNC2)C1. The quantitative estimate of drug-likeness (QED) is 0.843. The van der Waals surface area contributed by atoms with E-state index in [0.29, 0.717) is 16.0 Å². The highest BCUT2D eigenvalue weighted by atomic mass is 35.5. The highest BCUT2D eigenvalue weighted by Crippen LogP contribution is 2.36. The van der Waals surface area contributed by atoms with Crippen LogP contribution in [0.1, 0.15) is 23.2 Å². The maximum absolute atomic E-state index is 12.4. The molecule has 2 fully saturated rings. The first-order valence-electron chi connectivity index (χ1n) is 6.45. The lowest BCUT2D eigenvalue weighted by Crippen LogP contribution is -2.33. The van der Waals surface area contributed by atoms with Gasteiger partial charge in [-0.2, -0.15) is 0 Å². The molecule has 2 saturated heterocycles. The Morgan fingerprint density at radius 1 is 1.33 bits per heavy atom. The fraction of sp³-hybridized carbons (Fsp3) is 0.500. The third-order valence-electron chi connectivity index (χ3n) is 4.16. The Bertz CT molecular complexity index is 469. The molecule has 1 unspecified atom stereocenters. The molecular formula is C14H17ClN2O. The summed E-state index contributed by atoms with van der Waals surface area (Å²) in [6.07, 6.45) is 2.29. The van der Waals surface area contributed by atoms with E-state index in [9.17, 15) is 4.79 Å². The Morgan fingerprint density at radius 3 is 2.89 bits per heavy atom. The number of likely N-dealkylation sites (tertiary alicyclic amines) is 1. The number of halogens is 1. The highest BCUT2D eigenvalue weighted by Gasteiger charge is 2.42. The molecule has 1 aromatic carbocycles. The van der Waals surface area contributed by atoms with Gasteiger partial charge in [0.1, 0.15) is 0 Å². The van der Waals surface area contributed by atoms with Crippen molar-refractivity contribution in [3.05, 3.63) is 34.9 Å². The molecule has 18 heavy (non-hydrogen) atoms. The second-order valence-corrected chi connectivity index (χ2v) is 5.79. The van der Waals surface area contributed by atoms with Crippen LogP contribution in [-0.2, 0) is 0 Å². The fourth-order valence-corrected chi connectivity index (χ4v) is 3.27. The molecule has 0 aliphatic carbocycles. The minimum atomic E-state index is 0.0735. The molecule has 1 aromatic rings. The van der Waals surface area contributed by atoms with Crippen molar-refractivity contribution in [2.75, 3.05) is 26.2 Å². The zero-order valence-electron chi connectivity index (χ0n) is 10.3. The molecular weight excluding hydrogens is 248 g/mol. The van der Waals surface area contributed by atoms with Gasteiger partial charge in [0.2, 0.25) is 0 Å². The topological polar surface area (TPSA) is 32.3 Å². The van der Waals surface area contributed by atoms with E-state index in [0.717, 1.165) is 32.6 Å². The summed E-state index contributed by atoms with van der Waals surface area (Å²) in [4.78, 5) is 14.4. The predicted molar refractivity (Wildman–Crippen MR) is 71.9 cm³/mol. The minimum Gasteiger partial charge on any atom is -0.338 e. The van der Waals surface area contributed by atoms with Crippen molar-refractivity contribution in [3.63, 3.8) is 0 Å². The van der Waals surface area contributed by atoms with Crippen LogP contribution in [0.3, 0.4) is 0 Å². The second kappa shape index (κ2) is 4.56. The van der Waals surface area contributed by atoms with E-state index in [1.165, 1.54) is 6.42 Å². The summed E-state index contributed by atoms with van der Waals surface area (Å²) in [5, 5.41) is 3.95. The molecule has 1 N–H and O–H groups in total. The molecule has 1 atom stereocenters. The average Bonchev–Trinajstić information content (AvgIpc) is 3.00. The average molecular weight is 265 g/mol. The first-order chi connectivity index (χ1) is 8.70. The maximum atomic E-state index is 12.4. The van der Waals surface area contributed by atoms with Crippen LogP contribution in [0.25, 0.3) is 0 Å². The molecule has 4 heteroatoms. The van der Waals surface area contributed by atoms with Gasteiger partial charge >= 0.3 is 0 Å². The van der Waals surface area contributed by atoms with Crippen LogP contribution >= 0.6 is 11.6 Å². The molecule has 2 heterocycles. The summed E-state index contributed by atoms with van der Waals surface area (Å²) in [7, 11) is 0. The summed E-state index contributed by atoms with van der Waals surface area (Å²) >= 11 is 6.09. The van der Waals surface area contributed by atoms with Gasteiger partial charge in [-0.3, -0.25) is 4.79 Å². The smallest absolute Gasteiger partial charge is 0.255 e. The Labute approximate surface area is 112 Å². The number of amides is 1. The van der Waals surface area contributed by atoms with Crippen molar-refractivity contribution in [1.82, 2.24) is 10.2 Å². The van der Waals surface area contributed by atoms with Crippen molar-refractivity contribution in [2.24, 2.45) is 5.41 Å². The molecule has 0 aromatic heterocycles. The van der Waals surface area contributed by atoms with E-state index in [2.05, 4.69) is 5.32 Å². The molecule has 2 aliphatic heterocycles. The van der Waals surface area contributed by atoms with Gasteiger partial charge in [-0.15, -0.1) is 0 Å². The molecule has 96 valence electrons. The van der Waals surface area contributed by atoms with Gasteiger partial charge < -0.3 is 10.2 Å². The predicted octanol–water partition coefficient (Wildman–Crippen LogP) is 2.17. The number of carbonyl (C=O) groups is 1. The van der Waals surface area contributed by atoms with Gasteiger partial charge in [0, 0.05) is 25.0 Å². The van der Waals surface area contributed by atoms with Crippen LogP contribution in [0.2, 0.25) is 5.02 Å². The lowest BCUT2D eigenvalue weighted by molar-refractivity contribution is 0.0776.